The molecule has 0 aliphatic carbocycles. The minimum absolute atomic E-state index is 0.0155. The first kappa shape index (κ1) is 90.3. The number of aliphatic hydroxyl groups excluding tert-OH is 2. The topological polar surface area (TPSA) is 95.9 Å². The fourth-order valence-corrected chi connectivity index (χ4v) is 13.8. The van der Waals surface area contributed by atoms with E-state index in [1.54, 1.807) is 6.08 Å². The van der Waals surface area contributed by atoms with Crippen molar-refractivity contribution in [1.29, 1.82) is 0 Å². The van der Waals surface area contributed by atoms with Gasteiger partial charge >= 0.3 is 5.97 Å². The number of amides is 1. The summed E-state index contributed by atoms with van der Waals surface area (Å²) in [5.41, 5.74) is 0. The molecule has 546 valence electrons. The van der Waals surface area contributed by atoms with Crippen LogP contribution in [-0.4, -0.2) is 47.4 Å². The summed E-state index contributed by atoms with van der Waals surface area (Å²) in [5.74, 6) is -0.0412. The summed E-state index contributed by atoms with van der Waals surface area (Å²) < 4.78 is 5.50. The first-order valence-electron chi connectivity index (χ1n) is 42.6. The summed E-state index contributed by atoms with van der Waals surface area (Å²) in [5, 5.41) is 23.3. The van der Waals surface area contributed by atoms with Crippen LogP contribution in [0.15, 0.2) is 24.3 Å². The molecule has 0 saturated heterocycles. The van der Waals surface area contributed by atoms with Crippen LogP contribution >= 0.6 is 0 Å². The van der Waals surface area contributed by atoms with E-state index < -0.39 is 12.1 Å². The molecule has 1 amide bonds. The molecule has 3 N–H and O–H groups in total. The molecule has 6 heteroatoms. The number of unbranched alkanes of at least 4 members (excludes halogenated alkanes) is 68. The Kier molecular flexibility index (Phi) is 80.3. The summed E-state index contributed by atoms with van der Waals surface area (Å²) in [6.07, 6.45) is 106. The Morgan fingerprint density at radius 1 is 0.293 bits per heavy atom. The molecule has 2 atom stereocenters. The maximum absolute atomic E-state index is 12.6. The van der Waals surface area contributed by atoms with Crippen LogP contribution in [-0.2, 0) is 14.3 Å². The van der Waals surface area contributed by atoms with Crippen molar-refractivity contribution in [2.75, 3.05) is 13.2 Å². The third-order valence-corrected chi connectivity index (χ3v) is 20.2. The van der Waals surface area contributed by atoms with Crippen LogP contribution in [0.3, 0.4) is 0 Å². The molecule has 0 aromatic heterocycles. The summed E-state index contributed by atoms with van der Waals surface area (Å²) in [6.45, 7) is 4.96. The zero-order chi connectivity index (χ0) is 66.3. The number of rotatable bonds is 81. The van der Waals surface area contributed by atoms with E-state index in [1.165, 1.54) is 417 Å². The molecule has 0 rings (SSSR count). The largest absolute Gasteiger partial charge is 0.466 e. The van der Waals surface area contributed by atoms with Crippen molar-refractivity contribution in [3.05, 3.63) is 24.3 Å². The fourth-order valence-electron chi connectivity index (χ4n) is 13.8. The first-order valence-corrected chi connectivity index (χ1v) is 42.6. The number of ether oxygens (including phenoxy) is 1. The normalized spacial score (nSPS) is 12.5. The zero-order valence-corrected chi connectivity index (χ0v) is 62.8. The predicted octanol–water partition coefficient (Wildman–Crippen LogP) is 28.4. The number of hydrogen-bond acceptors (Lipinski definition) is 5. The van der Waals surface area contributed by atoms with Crippen LogP contribution in [0.1, 0.15) is 489 Å². The van der Waals surface area contributed by atoms with Crippen molar-refractivity contribution in [2.24, 2.45) is 0 Å². The van der Waals surface area contributed by atoms with Crippen LogP contribution in [0.4, 0.5) is 0 Å². The van der Waals surface area contributed by atoms with Crippen molar-refractivity contribution in [3.8, 4) is 0 Å². The van der Waals surface area contributed by atoms with Gasteiger partial charge in [0.25, 0.3) is 0 Å². The van der Waals surface area contributed by atoms with Gasteiger partial charge in [-0.25, -0.2) is 0 Å². The average Bonchev–Trinajstić information content (AvgIpc) is 3.57. The maximum Gasteiger partial charge on any atom is 0.305 e. The monoisotopic (exact) mass is 1290 g/mol. The van der Waals surface area contributed by atoms with E-state index >= 15 is 0 Å². The van der Waals surface area contributed by atoms with E-state index in [2.05, 4.69) is 31.3 Å². The quantitative estimate of drug-likeness (QED) is 0.0320. The van der Waals surface area contributed by atoms with Gasteiger partial charge in [-0.15, -0.1) is 0 Å². The fraction of sp³-hybridized carbons (Fsp3) is 0.930. The van der Waals surface area contributed by atoms with E-state index in [1.807, 2.05) is 6.08 Å². The Balaban J connectivity index is 3.34. The van der Waals surface area contributed by atoms with Crippen molar-refractivity contribution in [2.45, 2.75) is 501 Å². The van der Waals surface area contributed by atoms with Crippen molar-refractivity contribution in [1.82, 2.24) is 5.32 Å². The molecule has 2 unspecified atom stereocenters. The third kappa shape index (κ3) is 77.3. The van der Waals surface area contributed by atoms with Gasteiger partial charge in [-0.1, -0.05) is 443 Å². The highest BCUT2D eigenvalue weighted by Gasteiger charge is 2.18. The smallest absolute Gasteiger partial charge is 0.305 e. The number of aliphatic hydroxyl groups is 2. The molecule has 92 heavy (non-hydrogen) atoms. The number of carbonyl (C=O) groups excluding carboxylic acids is 2. The van der Waals surface area contributed by atoms with Crippen molar-refractivity contribution in [3.63, 3.8) is 0 Å². The number of allylic oxidation sites excluding steroid dienone is 3. The zero-order valence-electron chi connectivity index (χ0n) is 62.8. The molecule has 0 aliphatic rings. The molecule has 0 bridgehead atoms. The van der Waals surface area contributed by atoms with E-state index in [-0.39, 0.29) is 18.5 Å². The van der Waals surface area contributed by atoms with Crippen LogP contribution in [0.5, 0.6) is 0 Å². The summed E-state index contributed by atoms with van der Waals surface area (Å²) in [4.78, 5) is 24.7. The van der Waals surface area contributed by atoms with Gasteiger partial charge in [0.15, 0.2) is 0 Å². The highest BCUT2D eigenvalue weighted by molar-refractivity contribution is 5.76. The molecule has 0 radical (unpaired) electrons. The van der Waals surface area contributed by atoms with Crippen LogP contribution < -0.4 is 5.32 Å². The lowest BCUT2D eigenvalue weighted by Gasteiger charge is -2.20. The molecule has 0 fully saturated rings. The Morgan fingerprint density at radius 3 is 0.772 bits per heavy atom. The standard InChI is InChI=1S/C86H167NO5/c1-3-5-7-9-11-13-15-17-19-20-21-22-23-35-38-41-44-47-51-54-58-62-66-70-74-78-84(89)83(82-88)87-85(90)79-75-71-67-63-59-55-52-48-45-42-39-36-33-31-29-27-25-24-26-28-30-32-34-37-40-43-46-49-53-57-61-65-69-73-77-81-92-86(91)80-76-72-68-64-60-56-50-18-16-14-12-10-8-6-4-2/h18,50,74,78,83-84,88-89H,3-17,19-49,51-73,75-77,79-82H2,1-2H3,(H,87,90)/b50-18-,78-74+. The molecule has 0 aliphatic heterocycles. The van der Waals surface area contributed by atoms with Gasteiger partial charge in [0.05, 0.1) is 25.4 Å². The summed E-state index contributed by atoms with van der Waals surface area (Å²) in [7, 11) is 0. The van der Waals surface area contributed by atoms with Crippen LogP contribution in [0.25, 0.3) is 0 Å². The highest BCUT2D eigenvalue weighted by Crippen LogP contribution is 2.21. The molecule has 6 nitrogen and oxygen atoms in total. The summed E-state index contributed by atoms with van der Waals surface area (Å²) >= 11 is 0. The minimum Gasteiger partial charge on any atom is -0.466 e. The SMILES string of the molecule is CCCCCCCC/C=C\CCCCCCCC(=O)OCCCCCCCCCCCCCCCCCCCCCCCCCCCCCCCCCCCCCC(=O)NC(CO)C(O)/C=C/CCCCCCCCCCCCCCCCCCCCCCCCC. The highest BCUT2D eigenvalue weighted by atomic mass is 16.5. The first-order chi connectivity index (χ1) is 45.5. The second-order valence-corrected chi connectivity index (χ2v) is 29.5. The van der Waals surface area contributed by atoms with Gasteiger partial charge in [-0.2, -0.15) is 0 Å². The second kappa shape index (κ2) is 81.8. The Bertz CT molecular complexity index is 1450. The molecule has 0 aromatic rings. The molecular formula is C86H167NO5. The van der Waals surface area contributed by atoms with E-state index in [0.29, 0.717) is 19.4 Å². The molecule has 0 spiro atoms. The van der Waals surface area contributed by atoms with Crippen molar-refractivity contribution >= 4 is 11.9 Å². The molecular weight excluding hydrogens is 1130 g/mol. The van der Waals surface area contributed by atoms with Gasteiger partial charge in [0.2, 0.25) is 5.91 Å². The third-order valence-electron chi connectivity index (χ3n) is 20.2. The molecule has 0 saturated carbocycles. The maximum atomic E-state index is 12.6. The van der Waals surface area contributed by atoms with Crippen LogP contribution in [0, 0.1) is 0 Å². The predicted molar refractivity (Wildman–Crippen MR) is 407 cm³/mol. The van der Waals surface area contributed by atoms with Gasteiger partial charge in [0.1, 0.15) is 0 Å². The average molecular weight is 1300 g/mol. The summed E-state index contributed by atoms with van der Waals surface area (Å²) in [6, 6.07) is -0.625. The number of nitrogens with one attached hydrogen (secondary N) is 1. The molecule has 0 aromatic carbocycles. The van der Waals surface area contributed by atoms with E-state index in [9.17, 15) is 19.8 Å². The number of hydrogen-bond donors (Lipinski definition) is 3. The van der Waals surface area contributed by atoms with Crippen LogP contribution in [0.2, 0.25) is 0 Å². The molecule has 0 heterocycles. The van der Waals surface area contributed by atoms with E-state index in [4.69, 9.17) is 4.74 Å². The minimum atomic E-state index is -0.842. The van der Waals surface area contributed by atoms with Gasteiger partial charge < -0.3 is 20.3 Å². The van der Waals surface area contributed by atoms with Gasteiger partial charge in [-0.05, 0) is 57.8 Å². The van der Waals surface area contributed by atoms with Gasteiger partial charge in [-0.3, -0.25) is 9.59 Å². The second-order valence-electron chi connectivity index (χ2n) is 29.5. The lowest BCUT2D eigenvalue weighted by Crippen LogP contribution is -2.45. The Hall–Kier alpha value is -1.66. The van der Waals surface area contributed by atoms with Crippen molar-refractivity contribution < 1.29 is 24.5 Å². The van der Waals surface area contributed by atoms with E-state index in [0.717, 1.165) is 44.9 Å². The Morgan fingerprint density at radius 2 is 0.511 bits per heavy atom. The number of esters is 1. The van der Waals surface area contributed by atoms with Gasteiger partial charge in [0, 0.05) is 12.8 Å². The lowest BCUT2D eigenvalue weighted by atomic mass is 10.0. The number of carbonyl (C=O) groups is 2. The Labute approximate surface area is 577 Å². The lowest BCUT2D eigenvalue weighted by molar-refractivity contribution is -0.143.